The Hall–Kier alpha value is -3.42. The zero-order valence-corrected chi connectivity index (χ0v) is 20.8. The fourth-order valence-corrected chi connectivity index (χ4v) is 4.83. The summed E-state index contributed by atoms with van der Waals surface area (Å²) in [6, 6.07) is 14.0. The first kappa shape index (κ1) is 25.7. The van der Waals surface area contributed by atoms with E-state index in [1.54, 1.807) is 0 Å². The lowest BCUT2D eigenvalue weighted by Gasteiger charge is -2.37. The average Bonchev–Trinajstić information content (AvgIpc) is 2.86. The van der Waals surface area contributed by atoms with Crippen LogP contribution >= 0.6 is 0 Å². The summed E-state index contributed by atoms with van der Waals surface area (Å²) < 4.78 is 38.6. The van der Waals surface area contributed by atoms with Crippen LogP contribution in [0.15, 0.2) is 54.7 Å². The number of pyridine rings is 2. The summed E-state index contributed by atoms with van der Waals surface area (Å²) in [4.78, 5) is 24.2. The lowest BCUT2D eigenvalue weighted by Crippen LogP contribution is -2.45. The van der Waals surface area contributed by atoms with Gasteiger partial charge >= 0.3 is 6.18 Å². The molecule has 0 radical (unpaired) electrons. The Labute approximate surface area is 209 Å². The molecule has 2 atom stereocenters. The third-order valence-corrected chi connectivity index (χ3v) is 6.75. The minimum absolute atomic E-state index is 0.0137. The Bertz CT molecular complexity index is 1210. The molecule has 1 saturated heterocycles. The lowest BCUT2D eigenvalue weighted by molar-refractivity contribution is -0.137. The van der Waals surface area contributed by atoms with Gasteiger partial charge in [-0.3, -0.25) is 9.78 Å². The Balaban J connectivity index is 1.52. The minimum Gasteiger partial charge on any atom is -0.367 e. The molecule has 1 aliphatic heterocycles. The van der Waals surface area contributed by atoms with E-state index in [9.17, 15) is 18.0 Å². The fourth-order valence-electron chi connectivity index (χ4n) is 4.83. The van der Waals surface area contributed by atoms with Crippen LogP contribution in [0.5, 0.6) is 0 Å². The number of piperidine rings is 1. The summed E-state index contributed by atoms with van der Waals surface area (Å²) >= 11 is 0. The number of hydrogen-bond donors (Lipinski definition) is 1. The van der Waals surface area contributed by atoms with Crippen molar-refractivity contribution < 1.29 is 18.0 Å². The molecule has 1 unspecified atom stereocenters. The van der Waals surface area contributed by atoms with Gasteiger partial charge in [-0.2, -0.15) is 13.2 Å². The second kappa shape index (κ2) is 10.7. The van der Waals surface area contributed by atoms with Crippen LogP contribution in [0.4, 0.5) is 19.0 Å². The van der Waals surface area contributed by atoms with Gasteiger partial charge in [0.05, 0.1) is 11.3 Å². The number of aromatic nitrogens is 2. The van der Waals surface area contributed by atoms with E-state index in [4.69, 9.17) is 0 Å². The molecule has 0 bridgehead atoms. The number of alkyl halides is 3. The first-order valence-corrected chi connectivity index (χ1v) is 12.3. The molecule has 36 heavy (non-hydrogen) atoms. The number of amides is 1. The van der Waals surface area contributed by atoms with Gasteiger partial charge < -0.3 is 10.2 Å². The molecule has 3 heterocycles. The van der Waals surface area contributed by atoms with Crippen LogP contribution in [-0.2, 0) is 6.18 Å². The number of nitrogens with one attached hydrogen (secondary N) is 1. The number of carbonyl (C=O) groups excluding carboxylic acids is 1. The van der Waals surface area contributed by atoms with Crippen molar-refractivity contribution in [3.63, 3.8) is 0 Å². The summed E-state index contributed by atoms with van der Waals surface area (Å²) in [7, 11) is 0. The number of aryl methyl sites for hydroxylation is 2. The highest BCUT2D eigenvalue weighted by atomic mass is 19.4. The Kier molecular flexibility index (Phi) is 7.62. The highest BCUT2D eigenvalue weighted by Crippen LogP contribution is 2.31. The SMILES string of the molecule is CCC(Nc1ccc(C(F)(F)F)cn1)[C@@H]1CCCN(C(=O)c2cc(C)ccc2-c2cccc(C)n2)C1. The van der Waals surface area contributed by atoms with E-state index >= 15 is 0 Å². The number of benzene rings is 1. The van der Waals surface area contributed by atoms with Crippen LogP contribution in [0.2, 0.25) is 0 Å². The summed E-state index contributed by atoms with van der Waals surface area (Å²) in [6.07, 6.45) is -1.01. The van der Waals surface area contributed by atoms with Gasteiger partial charge in [0.25, 0.3) is 5.91 Å². The molecular formula is C28H31F3N4O. The van der Waals surface area contributed by atoms with E-state index in [1.807, 2.05) is 62.1 Å². The Morgan fingerprint density at radius 1 is 1.17 bits per heavy atom. The van der Waals surface area contributed by atoms with E-state index in [1.165, 1.54) is 6.07 Å². The highest BCUT2D eigenvalue weighted by Gasteiger charge is 2.32. The van der Waals surface area contributed by atoms with Crippen LogP contribution in [0.1, 0.15) is 53.4 Å². The van der Waals surface area contributed by atoms with Crippen LogP contribution in [0, 0.1) is 19.8 Å². The predicted octanol–water partition coefficient (Wildman–Crippen LogP) is 6.52. The van der Waals surface area contributed by atoms with E-state index in [2.05, 4.69) is 15.3 Å². The van der Waals surface area contributed by atoms with Gasteiger partial charge in [-0.05, 0) is 69.4 Å². The number of rotatable bonds is 6. The Morgan fingerprint density at radius 2 is 1.97 bits per heavy atom. The van der Waals surface area contributed by atoms with Gasteiger partial charge in [-0.15, -0.1) is 0 Å². The number of hydrogen-bond acceptors (Lipinski definition) is 4. The Morgan fingerprint density at radius 3 is 2.64 bits per heavy atom. The van der Waals surface area contributed by atoms with Gasteiger partial charge in [0, 0.05) is 42.1 Å². The van der Waals surface area contributed by atoms with E-state index in [-0.39, 0.29) is 17.9 Å². The molecular weight excluding hydrogens is 465 g/mol. The van der Waals surface area contributed by atoms with Crippen LogP contribution in [0.25, 0.3) is 11.3 Å². The van der Waals surface area contributed by atoms with E-state index in [0.717, 1.165) is 54.0 Å². The molecule has 1 amide bonds. The molecule has 1 N–H and O–H groups in total. The van der Waals surface area contributed by atoms with E-state index < -0.39 is 11.7 Å². The van der Waals surface area contributed by atoms with Gasteiger partial charge in [0.1, 0.15) is 5.82 Å². The molecule has 0 aliphatic carbocycles. The van der Waals surface area contributed by atoms with Crippen molar-refractivity contribution in [1.29, 1.82) is 0 Å². The zero-order valence-electron chi connectivity index (χ0n) is 20.8. The number of anilines is 1. The van der Waals surface area contributed by atoms with Gasteiger partial charge in [0.2, 0.25) is 0 Å². The topological polar surface area (TPSA) is 58.1 Å². The first-order chi connectivity index (χ1) is 17.2. The number of halogens is 3. The van der Waals surface area contributed by atoms with Crippen molar-refractivity contribution in [2.75, 3.05) is 18.4 Å². The van der Waals surface area contributed by atoms with Gasteiger partial charge in [0.15, 0.2) is 0 Å². The fraction of sp³-hybridized carbons (Fsp3) is 0.393. The maximum absolute atomic E-state index is 13.7. The number of carbonyl (C=O) groups is 1. The number of likely N-dealkylation sites (tertiary alicyclic amines) is 1. The molecule has 2 aromatic heterocycles. The normalized spacial score (nSPS) is 17.1. The van der Waals surface area contributed by atoms with Crippen molar-refractivity contribution >= 4 is 11.7 Å². The smallest absolute Gasteiger partial charge is 0.367 e. The molecule has 1 aliphatic rings. The standard InChI is InChI=1S/C28H31F3N4O/c1-4-24(34-26-13-11-21(16-32-26)28(29,30)31)20-8-6-14-35(17-20)27(36)23-15-18(2)10-12-22(23)25-9-5-7-19(3)33-25/h5,7,9-13,15-16,20,24H,4,6,8,14,17H2,1-3H3,(H,32,34)/t20-,24?/m1/s1. The molecule has 4 rings (SSSR count). The second-order valence-electron chi connectivity index (χ2n) is 9.46. The van der Waals surface area contributed by atoms with Gasteiger partial charge in [-0.25, -0.2) is 4.98 Å². The number of nitrogens with zero attached hydrogens (tertiary/aromatic N) is 3. The molecule has 1 aromatic carbocycles. The molecule has 5 nitrogen and oxygen atoms in total. The zero-order chi connectivity index (χ0) is 25.9. The summed E-state index contributed by atoms with van der Waals surface area (Å²) in [5.74, 6) is 0.538. The average molecular weight is 497 g/mol. The van der Waals surface area contributed by atoms with Crippen LogP contribution < -0.4 is 5.32 Å². The molecule has 1 fully saturated rings. The van der Waals surface area contributed by atoms with Crippen LogP contribution in [-0.4, -0.2) is 39.9 Å². The third kappa shape index (κ3) is 5.86. The second-order valence-corrected chi connectivity index (χ2v) is 9.46. The summed E-state index contributed by atoms with van der Waals surface area (Å²) in [5.41, 5.74) is 3.35. The quantitative estimate of drug-likeness (QED) is 0.422. The van der Waals surface area contributed by atoms with Crippen molar-refractivity contribution in [2.24, 2.45) is 5.92 Å². The van der Waals surface area contributed by atoms with Crippen LogP contribution in [0.3, 0.4) is 0 Å². The predicted molar refractivity (Wildman–Crippen MR) is 135 cm³/mol. The van der Waals surface area contributed by atoms with Crippen molar-refractivity contribution in [1.82, 2.24) is 14.9 Å². The summed E-state index contributed by atoms with van der Waals surface area (Å²) in [6.45, 7) is 7.16. The molecule has 3 aromatic rings. The minimum atomic E-state index is -4.41. The molecule has 190 valence electrons. The maximum Gasteiger partial charge on any atom is 0.417 e. The first-order valence-electron chi connectivity index (χ1n) is 12.3. The largest absolute Gasteiger partial charge is 0.417 e. The van der Waals surface area contributed by atoms with Crippen molar-refractivity contribution in [3.8, 4) is 11.3 Å². The molecule has 0 saturated carbocycles. The third-order valence-electron chi connectivity index (χ3n) is 6.75. The van der Waals surface area contributed by atoms with E-state index in [0.29, 0.717) is 24.5 Å². The molecule has 0 spiro atoms. The maximum atomic E-state index is 13.7. The molecule has 8 heteroatoms. The van der Waals surface area contributed by atoms with Gasteiger partial charge in [-0.1, -0.05) is 30.7 Å². The van der Waals surface area contributed by atoms with Crippen molar-refractivity contribution in [3.05, 3.63) is 77.1 Å². The lowest BCUT2D eigenvalue weighted by atomic mass is 9.88. The summed E-state index contributed by atoms with van der Waals surface area (Å²) in [5, 5.41) is 3.30. The highest BCUT2D eigenvalue weighted by molar-refractivity contribution is 6.00. The monoisotopic (exact) mass is 496 g/mol. The van der Waals surface area contributed by atoms with Crippen molar-refractivity contribution in [2.45, 2.75) is 52.3 Å².